The Morgan fingerprint density at radius 3 is 2.45 bits per heavy atom. The molecule has 1 atom stereocenters. The van der Waals surface area contributed by atoms with E-state index in [0.29, 0.717) is 12.1 Å². The van der Waals surface area contributed by atoms with E-state index in [2.05, 4.69) is 36.4 Å². The fourth-order valence-corrected chi connectivity index (χ4v) is 3.01. The van der Waals surface area contributed by atoms with E-state index >= 15 is 0 Å². The molecular formula is C16H33N3O. The van der Waals surface area contributed by atoms with Crippen molar-refractivity contribution in [3.05, 3.63) is 0 Å². The minimum atomic E-state index is -0.0208. The summed E-state index contributed by atoms with van der Waals surface area (Å²) in [6, 6.07) is 1.21. The van der Waals surface area contributed by atoms with Crippen LogP contribution in [0.4, 0.5) is 0 Å². The van der Waals surface area contributed by atoms with Gasteiger partial charge in [-0.2, -0.15) is 0 Å². The van der Waals surface area contributed by atoms with Crippen molar-refractivity contribution in [2.75, 3.05) is 20.1 Å². The average Bonchev–Trinajstić information content (AvgIpc) is 2.47. The van der Waals surface area contributed by atoms with E-state index in [1.54, 1.807) is 0 Å². The first-order chi connectivity index (χ1) is 9.60. The smallest absolute Gasteiger partial charge is 0.237 e. The van der Waals surface area contributed by atoms with Gasteiger partial charge in [0.25, 0.3) is 0 Å². The van der Waals surface area contributed by atoms with E-state index in [1.807, 2.05) is 6.92 Å². The van der Waals surface area contributed by atoms with E-state index < -0.39 is 0 Å². The summed E-state index contributed by atoms with van der Waals surface area (Å²) in [5.74, 6) is 0.176. The van der Waals surface area contributed by atoms with E-state index in [1.165, 1.54) is 25.7 Å². The molecular weight excluding hydrogens is 250 g/mol. The number of carbonyl (C=O) groups is 1. The fourth-order valence-electron chi connectivity index (χ4n) is 3.01. The minimum absolute atomic E-state index is 0.0208. The number of amides is 1. The van der Waals surface area contributed by atoms with Crippen molar-refractivity contribution in [3.63, 3.8) is 0 Å². The molecule has 118 valence electrons. The lowest BCUT2D eigenvalue weighted by Crippen LogP contribution is -2.50. The number of hydrogen-bond donors (Lipinski definition) is 2. The van der Waals surface area contributed by atoms with E-state index in [-0.39, 0.29) is 11.9 Å². The summed E-state index contributed by atoms with van der Waals surface area (Å²) in [7, 11) is 2.10. The SMILES string of the molecule is CCCCNC(=O)C(C)N(C)C1CCC(NCC)CC1. The van der Waals surface area contributed by atoms with Crippen LogP contribution in [0.2, 0.25) is 0 Å². The molecule has 1 aliphatic carbocycles. The maximum absolute atomic E-state index is 12.1. The third-order valence-electron chi connectivity index (χ3n) is 4.59. The zero-order valence-electron chi connectivity index (χ0n) is 13.7. The molecule has 1 amide bonds. The molecule has 0 aromatic carbocycles. The first kappa shape index (κ1) is 17.4. The van der Waals surface area contributed by atoms with Gasteiger partial charge in [0.2, 0.25) is 5.91 Å². The van der Waals surface area contributed by atoms with E-state index in [4.69, 9.17) is 0 Å². The number of nitrogens with zero attached hydrogens (tertiary/aromatic N) is 1. The third-order valence-corrected chi connectivity index (χ3v) is 4.59. The summed E-state index contributed by atoms with van der Waals surface area (Å²) in [5, 5.41) is 6.57. The predicted octanol–water partition coefficient (Wildman–Crippen LogP) is 2.14. The minimum Gasteiger partial charge on any atom is -0.355 e. The Balaban J connectivity index is 2.33. The Labute approximate surface area is 124 Å². The standard InChI is InChI=1S/C16H33N3O/c1-5-7-12-18-16(20)13(3)19(4)15-10-8-14(9-11-15)17-6-2/h13-15,17H,5-12H2,1-4H3,(H,18,20). The van der Waals surface area contributed by atoms with Gasteiger partial charge >= 0.3 is 0 Å². The number of likely N-dealkylation sites (N-methyl/N-ethyl adjacent to an activating group) is 1. The highest BCUT2D eigenvalue weighted by molar-refractivity contribution is 5.81. The molecule has 1 aliphatic rings. The van der Waals surface area contributed by atoms with Gasteiger partial charge in [0.1, 0.15) is 0 Å². The van der Waals surface area contributed by atoms with Crippen molar-refractivity contribution in [2.45, 2.75) is 77.4 Å². The molecule has 0 aliphatic heterocycles. The van der Waals surface area contributed by atoms with Gasteiger partial charge in [0.15, 0.2) is 0 Å². The highest BCUT2D eigenvalue weighted by atomic mass is 16.2. The van der Waals surface area contributed by atoms with Gasteiger partial charge in [-0.15, -0.1) is 0 Å². The van der Waals surface area contributed by atoms with Crippen LogP contribution in [0.25, 0.3) is 0 Å². The second-order valence-electron chi connectivity index (χ2n) is 6.05. The maximum atomic E-state index is 12.1. The van der Waals surface area contributed by atoms with Gasteiger partial charge < -0.3 is 10.6 Å². The van der Waals surface area contributed by atoms with Crippen LogP contribution in [0.3, 0.4) is 0 Å². The van der Waals surface area contributed by atoms with Crippen LogP contribution >= 0.6 is 0 Å². The van der Waals surface area contributed by atoms with Crippen LogP contribution in [-0.4, -0.2) is 49.1 Å². The Bertz CT molecular complexity index is 275. The third kappa shape index (κ3) is 5.41. The van der Waals surface area contributed by atoms with Gasteiger partial charge in [-0.05, 0) is 52.6 Å². The first-order valence-electron chi connectivity index (χ1n) is 8.33. The molecule has 1 fully saturated rings. The molecule has 2 N–H and O–H groups in total. The predicted molar refractivity (Wildman–Crippen MR) is 84.9 cm³/mol. The number of unbranched alkanes of at least 4 members (excludes halogenated alkanes) is 1. The van der Waals surface area contributed by atoms with Crippen LogP contribution in [0.5, 0.6) is 0 Å². The zero-order chi connectivity index (χ0) is 15.0. The number of rotatable bonds is 8. The molecule has 0 aromatic heterocycles. The second kappa shape index (κ2) is 9.35. The molecule has 20 heavy (non-hydrogen) atoms. The average molecular weight is 283 g/mol. The Kier molecular flexibility index (Phi) is 8.15. The van der Waals surface area contributed by atoms with Gasteiger partial charge in [-0.1, -0.05) is 20.3 Å². The molecule has 0 heterocycles. The lowest BCUT2D eigenvalue weighted by atomic mass is 9.89. The van der Waals surface area contributed by atoms with E-state index in [9.17, 15) is 4.79 Å². The van der Waals surface area contributed by atoms with Gasteiger partial charge in [-0.3, -0.25) is 9.69 Å². The van der Waals surface area contributed by atoms with Crippen molar-refractivity contribution in [2.24, 2.45) is 0 Å². The lowest BCUT2D eigenvalue weighted by Gasteiger charge is -2.37. The molecule has 1 unspecified atom stereocenters. The molecule has 0 saturated heterocycles. The Hall–Kier alpha value is -0.610. The molecule has 0 spiro atoms. The summed E-state index contributed by atoms with van der Waals surface area (Å²) in [4.78, 5) is 14.4. The highest BCUT2D eigenvalue weighted by Gasteiger charge is 2.28. The Morgan fingerprint density at radius 2 is 1.90 bits per heavy atom. The van der Waals surface area contributed by atoms with Crippen molar-refractivity contribution < 1.29 is 4.79 Å². The molecule has 0 aromatic rings. The van der Waals surface area contributed by atoms with Gasteiger partial charge in [0, 0.05) is 18.6 Å². The van der Waals surface area contributed by atoms with Gasteiger partial charge in [0.05, 0.1) is 6.04 Å². The summed E-state index contributed by atoms with van der Waals surface area (Å²) in [6.45, 7) is 8.20. The molecule has 1 saturated carbocycles. The summed E-state index contributed by atoms with van der Waals surface area (Å²) in [6.07, 6.45) is 7.04. The maximum Gasteiger partial charge on any atom is 0.237 e. The van der Waals surface area contributed by atoms with Crippen molar-refractivity contribution in [1.82, 2.24) is 15.5 Å². The van der Waals surface area contributed by atoms with Crippen molar-refractivity contribution in [3.8, 4) is 0 Å². The van der Waals surface area contributed by atoms with Crippen molar-refractivity contribution in [1.29, 1.82) is 0 Å². The largest absolute Gasteiger partial charge is 0.355 e. The molecule has 0 radical (unpaired) electrons. The topological polar surface area (TPSA) is 44.4 Å². The number of hydrogen-bond acceptors (Lipinski definition) is 3. The fraction of sp³-hybridized carbons (Fsp3) is 0.938. The van der Waals surface area contributed by atoms with Crippen LogP contribution in [0, 0.1) is 0 Å². The molecule has 4 nitrogen and oxygen atoms in total. The summed E-state index contributed by atoms with van der Waals surface area (Å²) < 4.78 is 0. The lowest BCUT2D eigenvalue weighted by molar-refractivity contribution is -0.126. The quantitative estimate of drug-likeness (QED) is 0.671. The van der Waals surface area contributed by atoms with Crippen molar-refractivity contribution >= 4 is 5.91 Å². The Morgan fingerprint density at radius 1 is 1.25 bits per heavy atom. The van der Waals surface area contributed by atoms with Crippen LogP contribution < -0.4 is 10.6 Å². The summed E-state index contributed by atoms with van der Waals surface area (Å²) in [5.41, 5.74) is 0. The number of carbonyl (C=O) groups excluding carboxylic acids is 1. The summed E-state index contributed by atoms with van der Waals surface area (Å²) >= 11 is 0. The number of nitrogens with one attached hydrogen (secondary N) is 2. The molecule has 1 rings (SSSR count). The normalized spacial score (nSPS) is 24.6. The van der Waals surface area contributed by atoms with Crippen LogP contribution in [0.1, 0.15) is 59.3 Å². The van der Waals surface area contributed by atoms with E-state index in [0.717, 1.165) is 25.9 Å². The van der Waals surface area contributed by atoms with Crippen LogP contribution in [0.15, 0.2) is 0 Å². The van der Waals surface area contributed by atoms with Crippen LogP contribution in [-0.2, 0) is 4.79 Å². The molecule has 0 bridgehead atoms. The second-order valence-corrected chi connectivity index (χ2v) is 6.05. The zero-order valence-corrected chi connectivity index (χ0v) is 13.7. The first-order valence-corrected chi connectivity index (χ1v) is 8.33. The highest BCUT2D eigenvalue weighted by Crippen LogP contribution is 2.23. The van der Waals surface area contributed by atoms with Gasteiger partial charge in [-0.25, -0.2) is 0 Å². The monoisotopic (exact) mass is 283 g/mol. The molecule has 4 heteroatoms.